The number of likely N-dealkylation sites (N-methyl/N-ethyl adjacent to an activating group) is 1. The monoisotopic (exact) mass is 268 g/mol. The van der Waals surface area contributed by atoms with Gasteiger partial charge < -0.3 is 4.90 Å². The van der Waals surface area contributed by atoms with E-state index in [2.05, 4.69) is 35.8 Å². The summed E-state index contributed by atoms with van der Waals surface area (Å²) in [4.78, 5) is 24.3. The average molecular weight is 269 g/mol. The van der Waals surface area contributed by atoms with Crippen molar-refractivity contribution in [3.8, 4) is 0 Å². The topological polar surface area (TPSA) is 49.3 Å². The molecule has 98 valence electrons. The maximum absolute atomic E-state index is 12.3. The molecule has 1 aromatic heterocycles. The Hall–Kier alpha value is -1.20. The number of piperazine rings is 1. The lowest BCUT2D eigenvalue weighted by molar-refractivity contribution is 0.0307. The first-order valence-electron chi connectivity index (χ1n) is 5.88. The molecular weight excluding hydrogens is 252 g/mol. The van der Waals surface area contributed by atoms with Crippen LogP contribution in [-0.4, -0.2) is 57.9 Å². The number of halogens is 1. The van der Waals surface area contributed by atoms with E-state index in [1.54, 1.807) is 0 Å². The fourth-order valence-corrected chi connectivity index (χ4v) is 2.10. The van der Waals surface area contributed by atoms with E-state index in [0.717, 1.165) is 6.54 Å². The molecule has 0 atom stereocenters. The summed E-state index contributed by atoms with van der Waals surface area (Å²) in [6.07, 6.45) is 2.83. The summed E-state index contributed by atoms with van der Waals surface area (Å²) in [5.41, 5.74) is 0.327. The van der Waals surface area contributed by atoms with Gasteiger partial charge in [-0.05, 0) is 20.9 Å². The van der Waals surface area contributed by atoms with Crippen molar-refractivity contribution in [3.63, 3.8) is 0 Å². The van der Waals surface area contributed by atoms with E-state index in [1.165, 1.54) is 12.4 Å². The molecule has 0 bridgehead atoms. The number of carbonyl (C=O) groups is 1. The van der Waals surface area contributed by atoms with E-state index < -0.39 is 0 Å². The second-order valence-corrected chi connectivity index (χ2v) is 5.57. The molecule has 6 heteroatoms. The van der Waals surface area contributed by atoms with Crippen molar-refractivity contribution < 1.29 is 4.79 Å². The maximum Gasteiger partial charge on any atom is 0.274 e. The van der Waals surface area contributed by atoms with E-state index in [1.807, 2.05) is 4.90 Å². The second-order valence-electron chi connectivity index (χ2n) is 5.19. The van der Waals surface area contributed by atoms with Crippen molar-refractivity contribution >= 4 is 17.5 Å². The van der Waals surface area contributed by atoms with Crippen LogP contribution in [0.4, 0.5) is 0 Å². The van der Waals surface area contributed by atoms with Crippen molar-refractivity contribution in [1.29, 1.82) is 0 Å². The highest BCUT2D eigenvalue weighted by molar-refractivity contribution is 6.29. The van der Waals surface area contributed by atoms with Gasteiger partial charge in [0.2, 0.25) is 0 Å². The van der Waals surface area contributed by atoms with Gasteiger partial charge in [-0.3, -0.25) is 9.69 Å². The predicted octanol–water partition coefficient (Wildman–Crippen LogP) is 1.30. The zero-order valence-corrected chi connectivity index (χ0v) is 11.6. The summed E-state index contributed by atoms with van der Waals surface area (Å²) in [5.74, 6) is -0.0830. The molecule has 5 nitrogen and oxygen atoms in total. The molecule has 0 spiro atoms. The SMILES string of the molecule is CN1CCN(C(=O)c2cnc(Cl)cn2)CC1(C)C. The Morgan fingerprint density at radius 2 is 2.06 bits per heavy atom. The highest BCUT2D eigenvalue weighted by atomic mass is 35.5. The van der Waals surface area contributed by atoms with Gasteiger partial charge in [-0.15, -0.1) is 0 Å². The number of rotatable bonds is 1. The molecule has 1 fully saturated rings. The Morgan fingerprint density at radius 3 is 2.61 bits per heavy atom. The van der Waals surface area contributed by atoms with E-state index >= 15 is 0 Å². The van der Waals surface area contributed by atoms with Gasteiger partial charge in [0.1, 0.15) is 10.8 Å². The average Bonchev–Trinajstić information content (AvgIpc) is 2.33. The van der Waals surface area contributed by atoms with Crippen LogP contribution < -0.4 is 0 Å². The van der Waals surface area contributed by atoms with Crippen LogP contribution in [0.5, 0.6) is 0 Å². The van der Waals surface area contributed by atoms with Crippen LogP contribution in [-0.2, 0) is 0 Å². The molecule has 1 aromatic rings. The first-order chi connectivity index (χ1) is 8.40. The van der Waals surface area contributed by atoms with Crippen molar-refractivity contribution in [1.82, 2.24) is 19.8 Å². The van der Waals surface area contributed by atoms with E-state index in [0.29, 0.717) is 23.9 Å². The fourth-order valence-electron chi connectivity index (χ4n) is 2.00. The molecule has 1 aliphatic rings. The number of carbonyl (C=O) groups excluding carboxylic acids is 1. The highest BCUT2D eigenvalue weighted by Crippen LogP contribution is 2.20. The van der Waals surface area contributed by atoms with Gasteiger partial charge in [-0.1, -0.05) is 11.6 Å². The van der Waals surface area contributed by atoms with Crippen molar-refractivity contribution in [2.24, 2.45) is 0 Å². The molecule has 0 N–H and O–H groups in total. The minimum atomic E-state index is -0.0830. The van der Waals surface area contributed by atoms with Gasteiger partial charge in [0, 0.05) is 25.2 Å². The van der Waals surface area contributed by atoms with E-state index in [4.69, 9.17) is 11.6 Å². The van der Waals surface area contributed by atoms with Crippen LogP contribution in [0.1, 0.15) is 24.3 Å². The Labute approximate surface area is 112 Å². The smallest absolute Gasteiger partial charge is 0.274 e. The molecule has 1 saturated heterocycles. The maximum atomic E-state index is 12.3. The Balaban J connectivity index is 2.13. The highest BCUT2D eigenvalue weighted by Gasteiger charge is 2.33. The van der Waals surface area contributed by atoms with Crippen LogP contribution in [0.2, 0.25) is 5.15 Å². The lowest BCUT2D eigenvalue weighted by atomic mass is 9.99. The molecule has 0 aliphatic carbocycles. The minimum Gasteiger partial charge on any atom is -0.334 e. The Bertz CT molecular complexity index is 446. The van der Waals surface area contributed by atoms with Gasteiger partial charge >= 0.3 is 0 Å². The lowest BCUT2D eigenvalue weighted by Crippen LogP contribution is -2.58. The van der Waals surface area contributed by atoms with Gasteiger partial charge in [0.15, 0.2) is 0 Å². The third kappa shape index (κ3) is 2.62. The molecule has 2 heterocycles. The summed E-state index contributed by atoms with van der Waals surface area (Å²) in [6.45, 7) is 6.51. The normalized spacial score (nSPS) is 19.9. The van der Waals surface area contributed by atoms with E-state index in [9.17, 15) is 4.79 Å². The molecule has 2 rings (SSSR count). The van der Waals surface area contributed by atoms with Crippen molar-refractivity contribution in [2.75, 3.05) is 26.7 Å². The first-order valence-corrected chi connectivity index (χ1v) is 6.26. The first kappa shape index (κ1) is 13.2. The largest absolute Gasteiger partial charge is 0.334 e. The summed E-state index contributed by atoms with van der Waals surface area (Å²) in [6, 6.07) is 0. The summed E-state index contributed by atoms with van der Waals surface area (Å²) in [5, 5.41) is 0.297. The molecule has 0 unspecified atom stereocenters. The lowest BCUT2D eigenvalue weighted by Gasteiger charge is -2.45. The summed E-state index contributed by atoms with van der Waals surface area (Å²) >= 11 is 5.66. The van der Waals surface area contributed by atoms with Gasteiger partial charge in [-0.25, -0.2) is 9.97 Å². The Kier molecular flexibility index (Phi) is 3.54. The molecule has 0 saturated carbocycles. The quantitative estimate of drug-likeness (QED) is 0.770. The third-order valence-corrected chi connectivity index (χ3v) is 3.64. The number of hydrogen-bond donors (Lipinski definition) is 0. The number of aromatic nitrogens is 2. The van der Waals surface area contributed by atoms with Crippen molar-refractivity contribution in [3.05, 3.63) is 23.2 Å². The summed E-state index contributed by atoms with van der Waals surface area (Å²) < 4.78 is 0. The predicted molar refractivity (Wildman–Crippen MR) is 69.7 cm³/mol. The van der Waals surface area contributed by atoms with Crippen LogP contribution >= 0.6 is 11.6 Å². The molecule has 18 heavy (non-hydrogen) atoms. The molecule has 1 amide bonds. The number of amides is 1. The van der Waals surface area contributed by atoms with Crippen LogP contribution in [0.3, 0.4) is 0 Å². The molecule has 0 aromatic carbocycles. The minimum absolute atomic E-state index is 0.0201. The molecule has 1 aliphatic heterocycles. The third-order valence-electron chi connectivity index (χ3n) is 3.44. The number of nitrogens with zero attached hydrogens (tertiary/aromatic N) is 4. The zero-order chi connectivity index (χ0) is 13.3. The zero-order valence-electron chi connectivity index (χ0n) is 10.9. The van der Waals surface area contributed by atoms with Crippen molar-refractivity contribution in [2.45, 2.75) is 19.4 Å². The second kappa shape index (κ2) is 4.82. The molecule has 0 radical (unpaired) electrons. The van der Waals surface area contributed by atoms with Gasteiger partial charge in [0.25, 0.3) is 5.91 Å². The van der Waals surface area contributed by atoms with Crippen LogP contribution in [0.15, 0.2) is 12.4 Å². The Morgan fingerprint density at radius 1 is 1.33 bits per heavy atom. The number of hydrogen-bond acceptors (Lipinski definition) is 4. The van der Waals surface area contributed by atoms with Gasteiger partial charge in [0.05, 0.1) is 12.4 Å². The van der Waals surface area contributed by atoms with Crippen LogP contribution in [0.25, 0.3) is 0 Å². The van der Waals surface area contributed by atoms with Gasteiger partial charge in [-0.2, -0.15) is 0 Å². The fraction of sp³-hybridized carbons (Fsp3) is 0.583. The molecular formula is C12H17ClN4O. The van der Waals surface area contributed by atoms with E-state index in [-0.39, 0.29) is 11.4 Å². The van der Waals surface area contributed by atoms with Crippen LogP contribution in [0, 0.1) is 0 Å². The standard InChI is InChI=1S/C12H17ClN4O/c1-12(2)8-17(5-4-16(12)3)11(18)9-6-15-10(13)7-14-9/h6-7H,4-5,8H2,1-3H3. The summed E-state index contributed by atoms with van der Waals surface area (Å²) in [7, 11) is 2.07.